The number of hydrogen-bond donors (Lipinski definition) is 1. The summed E-state index contributed by atoms with van der Waals surface area (Å²) >= 11 is 0. The van der Waals surface area contributed by atoms with Crippen molar-refractivity contribution in [1.29, 1.82) is 0 Å². The Hall–Kier alpha value is -0.980. The third-order valence-electron chi connectivity index (χ3n) is 3.17. The van der Waals surface area contributed by atoms with Gasteiger partial charge in [0.05, 0.1) is 39.6 Å². The summed E-state index contributed by atoms with van der Waals surface area (Å²) in [4.78, 5) is 22.2. The molecule has 6 heteroatoms. The molecule has 0 radical (unpaired) electrons. The summed E-state index contributed by atoms with van der Waals surface area (Å²) < 4.78 is 15.9. The summed E-state index contributed by atoms with van der Waals surface area (Å²) in [5.41, 5.74) is 0. The highest BCUT2D eigenvalue weighted by atomic mass is 16.5. The largest absolute Gasteiger partial charge is 0.379 e. The van der Waals surface area contributed by atoms with Gasteiger partial charge in [-0.05, 0) is 13.3 Å². The van der Waals surface area contributed by atoms with Gasteiger partial charge < -0.3 is 19.5 Å². The SMILES string of the molecule is CCCCCCC(=O)NCCOCCOCCOCCC(C)=O. The molecule has 0 aromatic rings. The van der Waals surface area contributed by atoms with E-state index in [1.165, 1.54) is 12.8 Å². The third-order valence-corrected chi connectivity index (χ3v) is 3.17. The molecule has 0 bridgehead atoms. The standard InChI is InChI=1S/C17H33NO5/c1-3-4-5-6-7-17(20)18-9-11-22-13-15-23-14-12-21-10-8-16(2)19/h3-15H2,1-2H3,(H,18,20). The molecule has 136 valence electrons. The van der Waals surface area contributed by atoms with Crippen molar-refractivity contribution in [2.45, 2.75) is 52.4 Å². The van der Waals surface area contributed by atoms with E-state index in [0.717, 1.165) is 12.8 Å². The first-order valence-electron chi connectivity index (χ1n) is 8.66. The number of Topliss-reactive ketones (excluding diaryl/α,β-unsaturated/α-hetero) is 1. The molecular formula is C17H33NO5. The molecule has 0 heterocycles. The van der Waals surface area contributed by atoms with Gasteiger partial charge >= 0.3 is 0 Å². The minimum Gasteiger partial charge on any atom is -0.379 e. The summed E-state index contributed by atoms with van der Waals surface area (Å²) in [6.07, 6.45) is 5.51. The van der Waals surface area contributed by atoms with Crippen LogP contribution in [-0.2, 0) is 23.8 Å². The van der Waals surface area contributed by atoms with Crippen LogP contribution in [-0.4, -0.2) is 57.9 Å². The lowest BCUT2D eigenvalue weighted by atomic mass is 10.1. The second kappa shape index (κ2) is 17.4. The van der Waals surface area contributed by atoms with Crippen molar-refractivity contribution in [3.05, 3.63) is 0 Å². The van der Waals surface area contributed by atoms with Gasteiger partial charge in [0.15, 0.2) is 0 Å². The van der Waals surface area contributed by atoms with Crippen molar-refractivity contribution >= 4 is 11.7 Å². The Morgan fingerprint density at radius 2 is 1.39 bits per heavy atom. The van der Waals surface area contributed by atoms with Crippen molar-refractivity contribution in [3.8, 4) is 0 Å². The molecule has 0 aromatic carbocycles. The monoisotopic (exact) mass is 331 g/mol. The Bertz CT molecular complexity index is 297. The summed E-state index contributed by atoms with van der Waals surface area (Å²) in [7, 11) is 0. The van der Waals surface area contributed by atoms with Gasteiger partial charge in [0, 0.05) is 19.4 Å². The number of carbonyl (C=O) groups excluding carboxylic acids is 2. The van der Waals surface area contributed by atoms with E-state index < -0.39 is 0 Å². The molecular weight excluding hydrogens is 298 g/mol. The molecule has 0 saturated carbocycles. The van der Waals surface area contributed by atoms with Crippen LogP contribution in [0.2, 0.25) is 0 Å². The van der Waals surface area contributed by atoms with E-state index in [2.05, 4.69) is 12.2 Å². The second-order valence-corrected chi connectivity index (χ2v) is 5.45. The van der Waals surface area contributed by atoms with Crippen LogP contribution in [0.4, 0.5) is 0 Å². The third kappa shape index (κ3) is 19.0. The molecule has 0 aliphatic rings. The molecule has 1 amide bonds. The topological polar surface area (TPSA) is 73.9 Å². The van der Waals surface area contributed by atoms with Gasteiger partial charge in [-0.1, -0.05) is 26.2 Å². The maximum atomic E-state index is 11.5. The van der Waals surface area contributed by atoms with E-state index in [9.17, 15) is 9.59 Å². The molecule has 0 aromatic heterocycles. The van der Waals surface area contributed by atoms with Gasteiger partial charge in [-0.25, -0.2) is 0 Å². The first-order valence-corrected chi connectivity index (χ1v) is 8.66. The van der Waals surface area contributed by atoms with Crippen molar-refractivity contribution in [3.63, 3.8) is 0 Å². The molecule has 1 N–H and O–H groups in total. The van der Waals surface area contributed by atoms with E-state index in [4.69, 9.17) is 14.2 Å². The lowest BCUT2D eigenvalue weighted by Gasteiger charge is -2.07. The zero-order valence-electron chi connectivity index (χ0n) is 14.7. The average molecular weight is 331 g/mol. The van der Waals surface area contributed by atoms with Crippen molar-refractivity contribution in [2.24, 2.45) is 0 Å². The fourth-order valence-electron chi connectivity index (χ4n) is 1.82. The van der Waals surface area contributed by atoms with Gasteiger partial charge in [0.1, 0.15) is 5.78 Å². The number of unbranched alkanes of at least 4 members (excludes halogenated alkanes) is 3. The number of ketones is 1. The molecule has 0 saturated heterocycles. The normalized spacial score (nSPS) is 10.7. The van der Waals surface area contributed by atoms with Crippen LogP contribution >= 0.6 is 0 Å². The lowest BCUT2D eigenvalue weighted by Crippen LogP contribution is -2.27. The molecule has 0 fully saturated rings. The molecule has 23 heavy (non-hydrogen) atoms. The highest BCUT2D eigenvalue weighted by Crippen LogP contribution is 2.01. The summed E-state index contributed by atoms with van der Waals surface area (Å²) in [5.74, 6) is 0.232. The molecule has 0 atom stereocenters. The minimum atomic E-state index is 0.101. The second-order valence-electron chi connectivity index (χ2n) is 5.45. The molecule has 0 unspecified atom stereocenters. The number of nitrogens with one attached hydrogen (secondary N) is 1. The van der Waals surface area contributed by atoms with Gasteiger partial charge in [-0.15, -0.1) is 0 Å². The predicted octanol–water partition coefficient (Wildman–Crippen LogP) is 2.10. The van der Waals surface area contributed by atoms with Gasteiger partial charge in [-0.3, -0.25) is 9.59 Å². The molecule has 0 aliphatic heterocycles. The van der Waals surface area contributed by atoms with E-state index in [1.807, 2.05) is 0 Å². The van der Waals surface area contributed by atoms with Crippen LogP contribution in [0.3, 0.4) is 0 Å². The fraction of sp³-hybridized carbons (Fsp3) is 0.882. The summed E-state index contributed by atoms with van der Waals surface area (Å²) in [5, 5.41) is 2.84. The number of hydrogen-bond acceptors (Lipinski definition) is 5. The molecule has 0 spiro atoms. The zero-order chi connectivity index (χ0) is 17.2. The molecule has 6 nitrogen and oxygen atoms in total. The number of carbonyl (C=O) groups is 2. The Labute approximate surface area is 140 Å². The maximum absolute atomic E-state index is 11.5. The van der Waals surface area contributed by atoms with Crippen molar-refractivity contribution in [1.82, 2.24) is 5.32 Å². The van der Waals surface area contributed by atoms with E-state index >= 15 is 0 Å². The number of ether oxygens (including phenoxy) is 3. The molecule has 0 rings (SSSR count). The minimum absolute atomic E-state index is 0.101. The van der Waals surface area contributed by atoms with Crippen LogP contribution in [0.5, 0.6) is 0 Å². The van der Waals surface area contributed by atoms with Crippen LogP contribution in [0.25, 0.3) is 0 Å². The maximum Gasteiger partial charge on any atom is 0.220 e. The quantitative estimate of drug-likeness (QED) is 0.413. The van der Waals surface area contributed by atoms with Crippen LogP contribution in [0.1, 0.15) is 52.4 Å². The highest BCUT2D eigenvalue weighted by molar-refractivity contribution is 5.75. The Kier molecular flexibility index (Phi) is 16.6. The van der Waals surface area contributed by atoms with Crippen molar-refractivity contribution < 1.29 is 23.8 Å². The Balaban J connectivity index is 3.12. The van der Waals surface area contributed by atoms with E-state index in [0.29, 0.717) is 59.0 Å². The van der Waals surface area contributed by atoms with Gasteiger partial charge in [-0.2, -0.15) is 0 Å². The number of rotatable bonds is 17. The smallest absolute Gasteiger partial charge is 0.220 e. The van der Waals surface area contributed by atoms with Crippen LogP contribution in [0, 0.1) is 0 Å². The van der Waals surface area contributed by atoms with Gasteiger partial charge in [0.25, 0.3) is 0 Å². The average Bonchev–Trinajstić information content (AvgIpc) is 2.52. The summed E-state index contributed by atoms with van der Waals surface area (Å²) in [6.45, 7) is 7.18. The van der Waals surface area contributed by atoms with Crippen LogP contribution < -0.4 is 5.32 Å². The zero-order valence-corrected chi connectivity index (χ0v) is 14.7. The van der Waals surface area contributed by atoms with Gasteiger partial charge in [0.2, 0.25) is 5.91 Å². The summed E-state index contributed by atoms with van der Waals surface area (Å²) in [6, 6.07) is 0. The highest BCUT2D eigenvalue weighted by Gasteiger charge is 2.00. The Morgan fingerprint density at radius 1 is 0.783 bits per heavy atom. The predicted molar refractivity (Wildman–Crippen MR) is 89.5 cm³/mol. The fourth-order valence-corrected chi connectivity index (χ4v) is 1.82. The number of amides is 1. The van der Waals surface area contributed by atoms with Crippen LogP contribution in [0.15, 0.2) is 0 Å². The first-order chi connectivity index (χ1) is 11.2. The van der Waals surface area contributed by atoms with E-state index in [1.54, 1.807) is 6.92 Å². The lowest BCUT2D eigenvalue weighted by molar-refractivity contribution is -0.121. The van der Waals surface area contributed by atoms with E-state index in [-0.39, 0.29) is 11.7 Å². The Morgan fingerprint density at radius 3 is 2.00 bits per heavy atom. The first kappa shape index (κ1) is 22.0. The molecule has 0 aliphatic carbocycles. The van der Waals surface area contributed by atoms with Crippen molar-refractivity contribution in [2.75, 3.05) is 46.2 Å².